The highest BCUT2D eigenvalue weighted by molar-refractivity contribution is 5.43. The molecule has 1 rings (SSSR count). The average Bonchev–Trinajstić information content (AvgIpc) is 2.47. The zero-order valence-electron chi connectivity index (χ0n) is 14.5. The molecule has 1 N–H and O–H groups in total. The van der Waals surface area contributed by atoms with Gasteiger partial charge in [-0.25, -0.2) is 0 Å². The van der Waals surface area contributed by atoms with Crippen LogP contribution in [-0.2, 0) is 0 Å². The van der Waals surface area contributed by atoms with E-state index in [-0.39, 0.29) is 11.6 Å². The zero-order chi connectivity index (χ0) is 16.0. The first-order chi connectivity index (χ1) is 9.88. The highest BCUT2D eigenvalue weighted by Crippen LogP contribution is 2.36. The molecule has 0 saturated carbocycles. The van der Waals surface area contributed by atoms with Gasteiger partial charge in [0.15, 0.2) is 0 Å². The molecule has 0 heterocycles. The lowest BCUT2D eigenvalue weighted by Gasteiger charge is -2.41. The fourth-order valence-electron chi connectivity index (χ4n) is 2.34. The molecule has 0 amide bonds. The molecule has 0 saturated heterocycles. The van der Waals surface area contributed by atoms with Gasteiger partial charge < -0.3 is 19.7 Å². The fraction of sp³-hybridized carbons (Fsp3) is 0.647. The first-order valence-corrected chi connectivity index (χ1v) is 7.51. The first-order valence-electron chi connectivity index (χ1n) is 7.51. The van der Waals surface area contributed by atoms with Crippen LogP contribution in [0, 0.1) is 0 Å². The van der Waals surface area contributed by atoms with Gasteiger partial charge in [-0.15, -0.1) is 0 Å². The maximum Gasteiger partial charge on any atom is 0.127 e. The SMILES string of the molecule is CCCNC(c1ccc(OC)cc1OC)C(C)(C)N(C)C. The molecule has 0 aliphatic carbocycles. The van der Waals surface area contributed by atoms with E-state index in [2.05, 4.69) is 51.1 Å². The number of likely N-dealkylation sites (N-methyl/N-ethyl adjacent to an activating group) is 1. The van der Waals surface area contributed by atoms with Crippen molar-refractivity contribution in [1.82, 2.24) is 10.2 Å². The maximum absolute atomic E-state index is 5.59. The van der Waals surface area contributed by atoms with Gasteiger partial charge >= 0.3 is 0 Å². The quantitative estimate of drug-likeness (QED) is 0.799. The molecule has 4 nitrogen and oxygen atoms in total. The third kappa shape index (κ3) is 4.11. The Morgan fingerprint density at radius 1 is 1.19 bits per heavy atom. The molecule has 1 aromatic carbocycles. The predicted molar refractivity (Wildman–Crippen MR) is 88.3 cm³/mol. The van der Waals surface area contributed by atoms with Gasteiger partial charge in [-0.05, 0) is 53.0 Å². The van der Waals surface area contributed by atoms with Crippen LogP contribution in [0.15, 0.2) is 18.2 Å². The Kier molecular flexibility index (Phi) is 6.49. The summed E-state index contributed by atoms with van der Waals surface area (Å²) >= 11 is 0. The van der Waals surface area contributed by atoms with Gasteiger partial charge in [0.05, 0.1) is 20.3 Å². The molecule has 120 valence electrons. The summed E-state index contributed by atoms with van der Waals surface area (Å²) in [7, 11) is 7.59. The first kappa shape index (κ1) is 17.8. The summed E-state index contributed by atoms with van der Waals surface area (Å²) in [6, 6.07) is 6.20. The highest BCUT2D eigenvalue weighted by atomic mass is 16.5. The molecule has 1 aromatic rings. The van der Waals surface area contributed by atoms with Gasteiger partial charge in [0.1, 0.15) is 11.5 Å². The lowest BCUT2D eigenvalue weighted by molar-refractivity contribution is 0.136. The minimum Gasteiger partial charge on any atom is -0.497 e. The Morgan fingerprint density at radius 2 is 1.86 bits per heavy atom. The van der Waals surface area contributed by atoms with Gasteiger partial charge in [0.25, 0.3) is 0 Å². The molecule has 21 heavy (non-hydrogen) atoms. The standard InChI is InChI=1S/C17H30N2O2/c1-8-11-18-16(17(2,3)19(4)5)14-10-9-13(20-6)12-15(14)21-7/h9-10,12,16,18H,8,11H2,1-7H3. The topological polar surface area (TPSA) is 33.7 Å². The van der Waals surface area contributed by atoms with E-state index in [1.807, 2.05) is 12.1 Å². The van der Waals surface area contributed by atoms with Gasteiger partial charge in [0.2, 0.25) is 0 Å². The number of ether oxygens (including phenoxy) is 2. The average molecular weight is 294 g/mol. The van der Waals surface area contributed by atoms with E-state index in [1.54, 1.807) is 14.2 Å². The lowest BCUT2D eigenvalue weighted by Crippen LogP contribution is -2.49. The molecule has 0 aliphatic heterocycles. The Balaban J connectivity index is 3.25. The van der Waals surface area contributed by atoms with E-state index in [0.717, 1.165) is 30.0 Å². The van der Waals surface area contributed by atoms with Crippen molar-refractivity contribution in [2.24, 2.45) is 0 Å². The number of methoxy groups -OCH3 is 2. The Morgan fingerprint density at radius 3 is 2.33 bits per heavy atom. The van der Waals surface area contributed by atoms with Crippen LogP contribution in [0.4, 0.5) is 0 Å². The van der Waals surface area contributed by atoms with Crippen LogP contribution in [0.1, 0.15) is 38.8 Å². The Labute approximate surface area is 129 Å². The Bertz CT molecular complexity index is 444. The molecular formula is C17H30N2O2. The fourth-order valence-corrected chi connectivity index (χ4v) is 2.34. The highest BCUT2D eigenvalue weighted by Gasteiger charge is 2.34. The van der Waals surface area contributed by atoms with Crippen molar-refractivity contribution in [3.8, 4) is 11.5 Å². The van der Waals surface area contributed by atoms with Crippen molar-refractivity contribution >= 4 is 0 Å². The van der Waals surface area contributed by atoms with E-state index in [4.69, 9.17) is 9.47 Å². The molecule has 0 radical (unpaired) electrons. The number of nitrogens with one attached hydrogen (secondary N) is 1. The molecule has 0 aliphatic rings. The van der Waals surface area contributed by atoms with E-state index >= 15 is 0 Å². The number of hydrogen-bond donors (Lipinski definition) is 1. The summed E-state index contributed by atoms with van der Waals surface area (Å²) in [5.74, 6) is 1.67. The minimum atomic E-state index is -0.0446. The van der Waals surface area contributed by atoms with Crippen LogP contribution < -0.4 is 14.8 Å². The Hall–Kier alpha value is -1.26. The van der Waals surface area contributed by atoms with Crippen molar-refractivity contribution in [2.45, 2.75) is 38.8 Å². The molecule has 0 spiro atoms. The van der Waals surface area contributed by atoms with E-state index < -0.39 is 0 Å². The van der Waals surface area contributed by atoms with Gasteiger partial charge in [-0.2, -0.15) is 0 Å². The second kappa shape index (κ2) is 7.66. The zero-order valence-corrected chi connectivity index (χ0v) is 14.5. The molecule has 1 unspecified atom stereocenters. The number of rotatable bonds is 8. The van der Waals surface area contributed by atoms with Gasteiger partial charge in [-0.1, -0.05) is 6.92 Å². The van der Waals surface area contributed by atoms with Crippen molar-refractivity contribution in [3.05, 3.63) is 23.8 Å². The summed E-state index contributed by atoms with van der Waals surface area (Å²) < 4.78 is 10.9. The largest absolute Gasteiger partial charge is 0.497 e. The molecule has 0 aromatic heterocycles. The van der Waals surface area contributed by atoms with Crippen LogP contribution in [0.5, 0.6) is 11.5 Å². The molecule has 0 bridgehead atoms. The number of nitrogens with zero attached hydrogens (tertiary/aromatic N) is 1. The van der Waals surface area contributed by atoms with Crippen LogP contribution in [-0.4, -0.2) is 45.3 Å². The molecular weight excluding hydrogens is 264 g/mol. The van der Waals surface area contributed by atoms with E-state index in [1.165, 1.54) is 0 Å². The molecule has 4 heteroatoms. The van der Waals surface area contributed by atoms with Crippen molar-refractivity contribution in [1.29, 1.82) is 0 Å². The molecule has 1 atom stereocenters. The summed E-state index contributed by atoms with van der Waals surface area (Å²) in [4.78, 5) is 2.24. The smallest absolute Gasteiger partial charge is 0.127 e. The second-order valence-electron chi connectivity index (χ2n) is 6.04. The van der Waals surface area contributed by atoms with Gasteiger partial charge in [-0.3, -0.25) is 0 Å². The van der Waals surface area contributed by atoms with Crippen LogP contribution in [0.3, 0.4) is 0 Å². The second-order valence-corrected chi connectivity index (χ2v) is 6.04. The van der Waals surface area contributed by atoms with E-state index in [0.29, 0.717) is 0 Å². The van der Waals surface area contributed by atoms with Crippen LogP contribution in [0.25, 0.3) is 0 Å². The summed E-state index contributed by atoms with van der Waals surface area (Å²) in [6.07, 6.45) is 1.10. The number of hydrogen-bond acceptors (Lipinski definition) is 4. The summed E-state index contributed by atoms with van der Waals surface area (Å²) in [5, 5.41) is 3.66. The summed E-state index contributed by atoms with van der Waals surface area (Å²) in [6.45, 7) is 7.63. The maximum atomic E-state index is 5.59. The van der Waals surface area contributed by atoms with Gasteiger partial charge in [0, 0.05) is 17.2 Å². The van der Waals surface area contributed by atoms with Crippen LogP contribution >= 0.6 is 0 Å². The third-order valence-electron chi connectivity index (χ3n) is 4.21. The third-order valence-corrected chi connectivity index (χ3v) is 4.21. The van der Waals surface area contributed by atoms with Crippen molar-refractivity contribution in [2.75, 3.05) is 34.9 Å². The minimum absolute atomic E-state index is 0.0446. The van der Waals surface area contributed by atoms with Crippen molar-refractivity contribution in [3.63, 3.8) is 0 Å². The number of benzene rings is 1. The monoisotopic (exact) mass is 294 g/mol. The lowest BCUT2D eigenvalue weighted by atomic mass is 9.86. The predicted octanol–water partition coefficient (Wildman–Crippen LogP) is 3.08. The molecule has 0 fully saturated rings. The van der Waals surface area contributed by atoms with E-state index in [9.17, 15) is 0 Å². The van der Waals surface area contributed by atoms with Crippen LogP contribution in [0.2, 0.25) is 0 Å². The summed E-state index contributed by atoms with van der Waals surface area (Å²) in [5.41, 5.74) is 1.11. The van der Waals surface area contributed by atoms with Crippen molar-refractivity contribution < 1.29 is 9.47 Å². The normalized spacial score (nSPS) is 13.3.